The van der Waals surface area contributed by atoms with E-state index < -0.39 is 11.0 Å². The number of hydrogen-bond donors (Lipinski definition) is 1. The van der Waals surface area contributed by atoms with Crippen molar-refractivity contribution in [3.8, 4) is 6.07 Å². The molecule has 134 valence electrons. The van der Waals surface area contributed by atoms with E-state index in [1.807, 2.05) is 0 Å². The van der Waals surface area contributed by atoms with Crippen LogP contribution in [0.2, 0.25) is 0 Å². The molecule has 0 aromatic heterocycles. The molecule has 2 aliphatic rings. The monoisotopic (exact) mass is 346 g/mol. The molecule has 2 heterocycles. The van der Waals surface area contributed by atoms with E-state index in [0.29, 0.717) is 58.4 Å². The van der Waals surface area contributed by atoms with Gasteiger partial charge in [-0.3, -0.25) is 4.79 Å². The van der Waals surface area contributed by atoms with Crippen LogP contribution in [0.5, 0.6) is 0 Å². The van der Waals surface area contributed by atoms with Gasteiger partial charge in [-0.2, -0.15) is 5.26 Å². The normalized spacial score (nSPS) is 22.2. The summed E-state index contributed by atoms with van der Waals surface area (Å²) in [6, 6.07) is 8.45. The number of nitrogens with zero attached hydrogens (tertiary/aromatic N) is 2. The first-order chi connectivity index (χ1) is 12.0. The van der Waals surface area contributed by atoms with Crippen molar-refractivity contribution in [1.82, 2.24) is 4.90 Å². The molecule has 2 saturated heterocycles. The molecule has 0 radical (unpaired) electrons. The van der Waals surface area contributed by atoms with Crippen LogP contribution in [0.1, 0.15) is 31.2 Å². The Hall–Kier alpha value is -1.97. The molecule has 1 aromatic rings. The zero-order valence-electron chi connectivity index (χ0n) is 14.2. The Labute approximate surface area is 147 Å². The number of aliphatic hydroxyl groups is 1. The predicted molar refractivity (Wildman–Crippen MR) is 89.0 cm³/mol. The fraction of sp³-hybridized carbons (Fsp3) is 0.579. The summed E-state index contributed by atoms with van der Waals surface area (Å²) in [5.41, 5.74) is -1.18. The Morgan fingerprint density at radius 3 is 2.56 bits per heavy atom. The van der Waals surface area contributed by atoms with Gasteiger partial charge in [-0.1, -0.05) is 12.1 Å². The summed E-state index contributed by atoms with van der Waals surface area (Å²) < 4.78 is 18.6. The van der Waals surface area contributed by atoms with Gasteiger partial charge in [0.05, 0.1) is 11.7 Å². The minimum atomic E-state index is -0.990. The number of benzene rings is 1. The van der Waals surface area contributed by atoms with E-state index in [1.165, 1.54) is 12.1 Å². The summed E-state index contributed by atoms with van der Waals surface area (Å²) in [6.07, 6.45) is 2.06. The Balaban J connectivity index is 1.63. The number of likely N-dealkylation sites (tertiary alicyclic amines) is 1. The second kappa shape index (κ2) is 7.11. The summed E-state index contributed by atoms with van der Waals surface area (Å²) in [4.78, 5) is 14.5. The van der Waals surface area contributed by atoms with Gasteiger partial charge in [-0.25, -0.2) is 4.39 Å². The molecule has 0 bridgehead atoms. The number of nitriles is 1. The molecule has 0 unspecified atom stereocenters. The highest BCUT2D eigenvalue weighted by Gasteiger charge is 2.45. The molecule has 2 aliphatic heterocycles. The zero-order valence-corrected chi connectivity index (χ0v) is 14.2. The Bertz CT molecular complexity index is 671. The summed E-state index contributed by atoms with van der Waals surface area (Å²) in [5, 5.41) is 20.3. The second-order valence-electron chi connectivity index (χ2n) is 7.13. The molecule has 1 aromatic carbocycles. The molecule has 0 saturated carbocycles. The van der Waals surface area contributed by atoms with E-state index >= 15 is 0 Å². The fourth-order valence-electron chi connectivity index (χ4n) is 3.73. The van der Waals surface area contributed by atoms with Gasteiger partial charge in [0.15, 0.2) is 0 Å². The first kappa shape index (κ1) is 17.8. The van der Waals surface area contributed by atoms with E-state index in [-0.39, 0.29) is 11.7 Å². The number of ether oxygens (including phenoxy) is 1. The Morgan fingerprint density at radius 2 is 1.96 bits per heavy atom. The van der Waals surface area contributed by atoms with Crippen LogP contribution in [0.3, 0.4) is 0 Å². The van der Waals surface area contributed by atoms with Crippen molar-refractivity contribution in [1.29, 1.82) is 5.26 Å². The van der Waals surface area contributed by atoms with Gasteiger partial charge in [-0.15, -0.1) is 0 Å². The second-order valence-corrected chi connectivity index (χ2v) is 7.13. The summed E-state index contributed by atoms with van der Waals surface area (Å²) >= 11 is 0. The first-order valence-electron chi connectivity index (χ1n) is 8.72. The number of rotatable bonds is 3. The van der Waals surface area contributed by atoms with E-state index in [1.54, 1.807) is 17.0 Å². The maximum Gasteiger partial charge on any atom is 0.243 e. The molecule has 5 nitrogen and oxygen atoms in total. The average Bonchev–Trinajstić information content (AvgIpc) is 2.62. The zero-order chi connectivity index (χ0) is 17.9. The van der Waals surface area contributed by atoms with Crippen LogP contribution >= 0.6 is 0 Å². The standard InChI is InChI=1S/C19H23FN2O3/c20-16-3-1-2-15(12-16)13-19(24)4-8-22(9-5-19)17(23)18(14-21)6-10-25-11-7-18/h1-3,12,24H,4-11,13H2. The van der Waals surface area contributed by atoms with Gasteiger partial charge in [0.1, 0.15) is 11.2 Å². The highest BCUT2D eigenvalue weighted by Crippen LogP contribution is 2.34. The molecule has 0 spiro atoms. The molecule has 25 heavy (non-hydrogen) atoms. The van der Waals surface area contributed by atoms with Crippen molar-refractivity contribution in [2.45, 2.75) is 37.7 Å². The Kier molecular flexibility index (Phi) is 5.07. The van der Waals surface area contributed by atoms with Gasteiger partial charge in [-0.05, 0) is 43.4 Å². The van der Waals surface area contributed by atoms with E-state index in [0.717, 1.165) is 5.56 Å². The van der Waals surface area contributed by atoms with Crippen LogP contribution in [0.15, 0.2) is 24.3 Å². The number of hydrogen-bond acceptors (Lipinski definition) is 4. The van der Waals surface area contributed by atoms with Crippen molar-refractivity contribution < 1.29 is 19.0 Å². The minimum absolute atomic E-state index is 0.147. The summed E-state index contributed by atoms with van der Waals surface area (Å²) in [5.74, 6) is -0.463. The maximum atomic E-state index is 13.3. The van der Waals surface area contributed by atoms with Crippen LogP contribution in [0.25, 0.3) is 0 Å². The van der Waals surface area contributed by atoms with Crippen molar-refractivity contribution in [3.05, 3.63) is 35.6 Å². The van der Waals surface area contributed by atoms with Gasteiger partial charge in [0.25, 0.3) is 0 Å². The van der Waals surface area contributed by atoms with E-state index in [4.69, 9.17) is 4.74 Å². The van der Waals surface area contributed by atoms with Crippen molar-refractivity contribution in [3.63, 3.8) is 0 Å². The molecular formula is C19H23FN2O3. The average molecular weight is 346 g/mol. The van der Waals surface area contributed by atoms with Gasteiger partial charge >= 0.3 is 0 Å². The summed E-state index contributed by atoms with van der Waals surface area (Å²) in [6.45, 7) is 1.68. The van der Waals surface area contributed by atoms with E-state index in [9.17, 15) is 19.6 Å². The van der Waals surface area contributed by atoms with Crippen LogP contribution in [0.4, 0.5) is 4.39 Å². The Morgan fingerprint density at radius 1 is 1.28 bits per heavy atom. The van der Waals surface area contributed by atoms with Gasteiger partial charge in [0, 0.05) is 32.7 Å². The van der Waals surface area contributed by atoms with Crippen LogP contribution in [-0.2, 0) is 16.0 Å². The molecule has 3 rings (SSSR count). The SMILES string of the molecule is N#CC1(C(=O)N2CCC(O)(Cc3cccc(F)c3)CC2)CCOCC1. The van der Waals surface area contributed by atoms with Gasteiger partial charge < -0.3 is 14.7 Å². The smallest absolute Gasteiger partial charge is 0.243 e. The number of halogens is 1. The first-order valence-corrected chi connectivity index (χ1v) is 8.72. The molecule has 6 heteroatoms. The molecule has 0 aliphatic carbocycles. The third kappa shape index (κ3) is 3.83. The summed E-state index contributed by atoms with van der Waals surface area (Å²) in [7, 11) is 0. The largest absolute Gasteiger partial charge is 0.389 e. The lowest BCUT2D eigenvalue weighted by Crippen LogP contribution is -2.53. The van der Waals surface area contributed by atoms with Crippen molar-refractivity contribution in [2.24, 2.45) is 5.41 Å². The highest BCUT2D eigenvalue weighted by molar-refractivity contribution is 5.85. The number of carbonyl (C=O) groups is 1. The van der Waals surface area contributed by atoms with Crippen LogP contribution in [0, 0.1) is 22.6 Å². The predicted octanol–water partition coefficient (Wildman–Crippen LogP) is 2.04. The lowest BCUT2D eigenvalue weighted by molar-refractivity contribution is -0.147. The molecule has 1 N–H and O–H groups in total. The third-order valence-electron chi connectivity index (χ3n) is 5.37. The molecule has 1 amide bonds. The number of carbonyl (C=O) groups excluding carboxylic acids is 1. The van der Waals surface area contributed by atoms with Crippen molar-refractivity contribution >= 4 is 5.91 Å². The highest BCUT2D eigenvalue weighted by atomic mass is 19.1. The number of piperidine rings is 1. The van der Waals surface area contributed by atoms with E-state index in [2.05, 4.69) is 6.07 Å². The number of amides is 1. The lowest BCUT2D eigenvalue weighted by atomic mass is 9.78. The molecule has 2 fully saturated rings. The minimum Gasteiger partial charge on any atom is -0.389 e. The van der Waals surface area contributed by atoms with Crippen molar-refractivity contribution in [2.75, 3.05) is 26.3 Å². The molecular weight excluding hydrogens is 323 g/mol. The van der Waals surface area contributed by atoms with Gasteiger partial charge in [0.2, 0.25) is 5.91 Å². The molecule has 0 atom stereocenters. The topological polar surface area (TPSA) is 73.6 Å². The lowest BCUT2D eigenvalue weighted by Gasteiger charge is -2.41. The third-order valence-corrected chi connectivity index (χ3v) is 5.37. The fourth-order valence-corrected chi connectivity index (χ4v) is 3.73. The van der Waals surface area contributed by atoms with Crippen LogP contribution in [-0.4, -0.2) is 47.8 Å². The maximum absolute atomic E-state index is 13.3. The van der Waals surface area contributed by atoms with Crippen LogP contribution < -0.4 is 0 Å². The quantitative estimate of drug-likeness (QED) is 0.909.